The molecule has 1 aromatic heterocycles. The molecule has 0 saturated carbocycles. The molecule has 2 aliphatic carbocycles. The standard InChI is InChI=1S/C61H38N2/c1-3-13-39(14-4-1)40-23-27-42(28-24-40)58-38-59(63-60(62-58)44-15-5-2-6-16-44)43-29-25-41(26-30-43)47-31-32-48-35-53-52-34-45-17-7-8-18-46(45)36-56(52)61(57(53)37-49(48)33-47)54-21-11-9-19-50(54)51-20-10-12-22-55(51)61/h1-38H. The fraction of sp³-hybridized carbons (Fsp3) is 0.0164. The van der Waals surface area contributed by atoms with E-state index >= 15 is 0 Å². The number of benzene rings is 10. The van der Waals surface area contributed by atoms with Gasteiger partial charge >= 0.3 is 0 Å². The fourth-order valence-electron chi connectivity index (χ4n) is 10.5. The zero-order valence-corrected chi connectivity index (χ0v) is 34.3. The maximum Gasteiger partial charge on any atom is 0.160 e. The number of hydrogen-bond donors (Lipinski definition) is 0. The Bertz CT molecular complexity index is 3540. The molecule has 11 aromatic rings. The number of rotatable bonds is 5. The van der Waals surface area contributed by atoms with E-state index in [9.17, 15) is 0 Å². The van der Waals surface area contributed by atoms with Gasteiger partial charge in [0.05, 0.1) is 16.8 Å². The lowest BCUT2D eigenvalue weighted by molar-refractivity contribution is 0.796. The first-order valence-electron chi connectivity index (χ1n) is 21.7. The average molecular weight is 799 g/mol. The molecule has 0 atom stereocenters. The van der Waals surface area contributed by atoms with Crippen molar-refractivity contribution >= 4 is 21.5 Å². The Hall–Kier alpha value is -8.20. The first-order valence-corrected chi connectivity index (χ1v) is 21.7. The average Bonchev–Trinajstić information content (AvgIpc) is 3.81. The second kappa shape index (κ2) is 13.9. The minimum absolute atomic E-state index is 0.410. The van der Waals surface area contributed by atoms with E-state index in [0.29, 0.717) is 5.82 Å². The van der Waals surface area contributed by atoms with Gasteiger partial charge in [-0.25, -0.2) is 9.97 Å². The van der Waals surface area contributed by atoms with E-state index in [1.807, 2.05) is 24.3 Å². The van der Waals surface area contributed by atoms with E-state index in [4.69, 9.17) is 9.97 Å². The Balaban J connectivity index is 0.914. The summed E-state index contributed by atoms with van der Waals surface area (Å²) in [5.41, 5.74) is 19.9. The van der Waals surface area contributed by atoms with Crippen LogP contribution in [0, 0.1) is 0 Å². The van der Waals surface area contributed by atoms with Gasteiger partial charge in [0, 0.05) is 16.7 Å². The Kier molecular flexibility index (Phi) is 7.85. The molecule has 0 amide bonds. The van der Waals surface area contributed by atoms with E-state index < -0.39 is 5.41 Å². The van der Waals surface area contributed by atoms with E-state index in [-0.39, 0.29) is 0 Å². The molecule has 2 aliphatic rings. The predicted molar refractivity (Wildman–Crippen MR) is 261 cm³/mol. The van der Waals surface area contributed by atoms with Crippen molar-refractivity contribution in [3.05, 3.63) is 253 Å². The third kappa shape index (κ3) is 5.51. The van der Waals surface area contributed by atoms with E-state index in [1.165, 1.54) is 82.7 Å². The monoisotopic (exact) mass is 798 g/mol. The van der Waals surface area contributed by atoms with Crippen molar-refractivity contribution in [2.75, 3.05) is 0 Å². The van der Waals surface area contributed by atoms with Crippen LogP contribution in [0.25, 0.3) is 100.0 Å². The number of aromatic nitrogens is 2. The normalized spacial score (nSPS) is 12.9. The van der Waals surface area contributed by atoms with Crippen molar-refractivity contribution in [3.63, 3.8) is 0 Å². The molecule has 292 valence electrons. The van der Waals surface area contributed by atoms with Crippen molar-refractivity contribution < 1.29 is 0 Å². The lowest BCUT2D eigenvalue weighted by Crippen LogP contribution is -2.25. The van der Waals surface area contributed by atoms with Crippen LogP contribution in [0.15, 0.2) is 231 Å². The third-order valence-corrected chi connectivity index (χ3v) is 13.5. The summed E-state index contributed by atoms with van der Waals surface area (Å²) in [5.74, 6) is 0.710. The first-order chi connectivity index (χ1) is 31.2. The Labute approximate surface area is 366 Å². The largest absolute Gasteiger partial charge is 0.228 e. The molecule has 1 spiro atoms. The van der Waals surface area contributed by atoms with Crippen molar-refractivity contribution in [3.8, 4) is 78.4 Å². The second-order valence-corrected chi connectivity index (χ2v) is 16.9. The molecule has 10 aromatic carbocycles. The molecule has 0 saturated heterocycles. The maximum absolute atomic E-state index is 5.13. The van der Waals surface area contributed by atoms with Crippen molar-refractivity contribution in [1.29, 1.82) is 0 Å². The van der Waals surface area contributed by atoms with Gasteiger partial charge in [0.15, 0.2) is 5.82 Å². The molecular weight excluding hydrogens is 761 g/mol. The number of nitrogens with zero attached hydrogens (tertiary/aromatic N) is 2. The zero-order chi connectivity index (χ0) is 41.5. The van der Waals surface area contributed by atoms with Gasteiger partial charge in [-0.15, -0.1) is 0 Å². The minimum Gasteiger partial charge on any atom is -0.228 e. The molecule has 2 heteroatoms. The van der Waals surface area contributed by atoms with Crippen LogP contribution < -0.4 is 0 Å². The van der Waals surface area contributed by atoms with Gasteiger partial charge in [0.25, 0.3) is 0 Å². The van der Waals surface area contributed by atoms with Crippen LogP contribution in [-0.4, -0.2) is 9.97 Å². The molecular formula is C61H38N2. The molecule has 13 rings (SSSR count). The summed E-state index contributed by atoms with van der Waals surface area (Å²) in [7, 11) is 0. The van der Waals surface area contributed by atoms with Crippen molar-refractivity contribution in [2.45, 2.75) is 5.41 Å². The van der Waals surface area contributed by atoms with Gasteiger partial charge in [-0.3, -0.25) is 0 Å². The fourth-order valence-corrected chi connectivity index (χ4v) is 10.5. The van der Waals surface area contributed by atoms with Gasteiger partial charge in [0.2, 0.25) is 0 Å². The lowest BCUT2D eigenvalue weighted by Gasteiger charge is -2.30. The first kappa shape index (κ1) is 35.5. The van der Waals surface area contributed by atoms with Crippen molar-refractivity contribution in [1.82, 2.24) is 9.97 Å². The molecule has 0 bridgehead atoms. The molecule has 0 unspecified atom stereocenters. The Morgan fingerprint density at radius 1 is 0.238 bits per heavy atom. The van der Waals surface area contributed by atoms with Crippen LogP contribution in [0.3, 0.4) is 0 Å². The number of hydrogen-bond acceptors (Lipinski definition) is 2. The quantitative estimate of drug-likeness (QED) is 0.173. The highest BCUT2D eigenvalue weighted by Crippen LogP contribution is 2.63. The van der Waals surface area contributed by atoms with E-state index in [0.717, 1.165) is 33.6 Å². The molecule has 0 radical (unpaired) electrons. The molecule has 1 heterocycles. The third-order valence-electron chi connectivity index (χ3n) is 13.5. The summed E-state index contributed by atoms with van der Waals surface area (Å²) in [6.07, 6.45) is 0. The van der Waals surface area contributed by atoms with Crippen LogP contribution in [0.5, 0.6) is 0 Å². The SMILES string of the molecule is c1ccc(-c2ccc(-c3cc(-c4ccc(-c5ccc6cc7c(cc6c5)C5(c6ccccc6-c6ccccc65)c5cc6ccccc6cc5-7)cc4)nc(-c4ccccc4)n3)cc2)cc1. The summed E-state index contributed by atoms with van der Waals surface area (Å²) < 4.78 is 0. The van der Waals surface area contributed by atoms with Crippen LogP contribution in [0.1, 0.15) is 22.3 Å². The summed E-state index contributed by atoms with van der Waals surface area (Å²) in [6.45, 7) is 0. The minimum atomic E-state index is -0.410. The predicted octanol–water partition coefficient (Wildman–Crippen LogP) is 15.5. The summed E-state index contributed by atoms with van der Waals surface area (Å²) >= 11 is 0. The topological polar surface area (TPSA) is 25.8 Å². The van der Waals surface area contributed by atoms with Crippen LogP contribution >= 0.6 is 0 Å². The van der Waals surface area contributed by atoms with Gasteiger partial charge in [-0.1, -0.05) is 194 Å². The summed E-state index contributed by atoms with van der Waals surface area (Å²) in [6, 6.07) is 84.1. The number of fused-ring (bicyclic) bond motifs is 12. The molecule has 2 nitrogen and oxygen atoms in total. The highest BCUT2D eigenvalue weighted by atomic mass is 14.9. The second-order valence-electron chi connectivity index (χ2n) is 16.9. The van der Waals surface area contributed by atoms with Crippen LogP contribution in [0.4, 0.5) is 0 Å². The Morgan fingerprint density at radius 2 is 0.651 bits per heavy atom. The van der Waals surface area contributed by atoms with E-state index in [1.54, 1.807) is 0 Å². The lowest BCUT2D eigenvalue weighted by atomic mass is 9.70. The summed E-state index contributed by atoms with van der Waals surface area (Å²) in [4.78, 5) is 10.2. The van der Waals surface area contributed by atoms with Crippen LogP contribution in [-0.2, 0) is 5.41 Å². The highest BCUT2D eigenvalue weighted by Gasteiger charge is 2.51. The smallest absolute Gasteiger partial charge is 0.160 e. The molecule has 0 N–H and O–H groups in total. The molecule has 0 fully saturated rings. The Morgan fingerprint density at radius 3 is 1.24 bits per heavy atom. The molecule has 63 heavy (non-hydrogen) atoms. The highest BCUT2D eigenvalue weighted by molar-refractivity contribution is 6.03. The zero-order valence-electron chi connectivity index (χ0n) is 34.3. The molecule has 0 aliphatic heterocycles. The van der Waals surface area contributed by atoms with Gasteiger partial charge in [0.1, 0.15) is 0 Å². The van der Waals surface area contributed by atoms with Gasteiger partial charge in [-0.05, 0) is 125 Å². The van der Waals surface area contributed by atoms with Crippen LogP contribution in [0.2, 0.25) is 0 Å². The van der Waals surface area contributed by atoms with E-state index in [2.05, 4.69) is 206 Å². The maximum atomic E-state index is 5.13. The van der Waals surface area contributed by atoms with Gasteiger partial charge < -0.3 is 0 Å². The van der Waals surface area contributed by atoms with Crippen molar-refractivity contribution in [2.24, 2.45) is 0 Å². The van der Waals surface area contributed by atoms with Gasteiger partial charge in [-0.2, -0.15) is 0 Å². The summed E-state index contributed by atoms with van der Waals surface area (Å²) in [5, 5.41) is 5.01.